The fourth-order valence-electron chi connectivity index (χ4n) is 3.58. The lowest BCUT2D eigenvalue weighted by atomic mass is 9.74. The molecule has 3 amide bonds. The molecule has 3 unspecified atom stereocenters. The van der Waals surface area contributed by atoms with Crippen LogP contribution in [0, 0.1) is 11.8 Å². The quantitative estimate of drug-likeness (QED) is 0.676. The standard InChI is InChI=1S/C17H24N4O2/c22-16-14-9-5-4-8-13(14)15(20-21-16)11-19-17(23)18-10-12-6-2-1-3-7-12/h1-3,6-7,13-15,20H,4-5,8-11H2,(H,21,22)(H2,18,19,23). The molecule has 6 nitrogen and oxygen atoms in total. The van der Waals surface area contributed by atoms with Gasteiger partial charge in [0.15, 0.2) is 0 Å². The summed E-state index contributed by atoms with van der Waals surface area (Å²) in [6.45, 7) is 1.02. The van der Waals surface area contributed by atoms with Crippen LogP contribution in [0.4, 0.5) is 4.79 Å². The number of benzene rings is 1. The maximum Gasteiger partial charge on any atom is 0.315 e. The van der Waals surface area contributed by atoms with Gasteiger partial charge >= 0.3 is 6.03 Å². The van der Waals surface area contributed by atoms with Crippen molar-refractivity contribution in [2.75, 3.05) is 6.54 Å². The molecule has 0 aromatic heterocycles. The summed E-state index contributed by atoms with van der Waals surface area (Å²) in [6, 6.07) is 9.73. The molecular formula is C17H24N4O2. The molecule has 1 heterocycles. The van der Waals surface area contributed by atoms with Gasteiger partial charge in [0.25, 0.3) is 0 Å². The highest BCUT2D eigenvalue weighted by molar-refractivity contribution is 5.79. The Morgan fingerprint density at radius 3 is 2.74 bits per heavy atom. The highest BCUT2D eigenvalue weighted by Gasteiger charge is 2.39. The molecule has 1 saturated heterocycles. The van der Waals surface area contributed by atoms with Gasteiger partial charge in [0.2, 0.25) is 5.91 Å². The summed E-state index contributed by atoms with van der Waals surface area (Å²) in [4.78, 5) is 23.8. The molecule has 3 atom stereocenters. The van der Waals surface area contributed by atoms with Crippen molar-refractivity contribution >= 4 is 11.9 Å². The van der Waals surface area contributed by atoms with Crippen molar-refractivity contribution in [2.24, 2.45) is 11.8 Å². The Kier molecular flexibility index (Phi) is 5.12. The van der Waals surface area contributed by atoms with E-state index in [-0.39, 0.29) is 23.9 Å². The zero-order valence-electron chi connectivity index (χ0n) is 13.2. The van der Waals surface area contributed by atoms with Crippen molar-refractivity contribution in [3.63, 3.8) is 0 Å². The molecule has 0 radical (unpaired) electrons. The fourth-order valence-corrected chi connectivity index (χ4v) is 3.58. The van der Waals surface area contributed by atoms with Crippen LogP contribution in [0.25, 0.3) is 0 Å². The Balaban J connectivity index is 1.45. The zero-order chi connectivity index (χ0) is 16.1. The number of nitrogens with one attached hydrogen (secondary N) is 4. The summed E-state index contributed by atoms with van der Waals surface area (Å²) >= 11 is 0. The summed E-state index contributed by atoms with van der Waals surface area (Å²) in [5.41, 5.74) is 6.88. The van der Waals surface area contributed by atoms with Crippen LogP contribution in [0.3, 0.4) is 0 Å². The Bertz CT molecular complexity index is 549. The van der Waals surface area contributed by atoms with E-state index in [1.165, 1.54) is 0 Å². The second-order valence-electron chi connectivity index (χ2n) is 6.34. The van der Waals surface area contributed by atoms with Gasteiger partial charge in [0.1, 0.15) is 0 Å². The molecule has 4 N–H and O–H groups in total. The monoisotopic (exact) mass is 316 g/mol. The van der Waals surface area contributed by atoms with E-state index < -0.39 is 0 Å². The Morgan fingerprint density at radius 2 is 1.91 bits per heavy atom. The Hall–Kier alpha value is -2.08. The highest BCUT2D eigenvalue weighted by Crippen LogP contribution is 2.33. The van der Waals surface area contributed by atoms with E-state index in [1.54, 1.807) is 0 Å². The third kappa shape index (κ3) is 4.01. The number of hydrogen-bond donors (Lipinski definition) is 4. The van der Waals surface area contributed by atoms with Gasteiger partial charge in [-0.15, -0.1) is 0 Å². The van der Waals surface area contributed by atoms with Crippen LogP contribution < -0.4 is 21.5 Å². The van der Waals surface area contributed by atoms with Crippen LogP contribution in [-0.2, 0) is 11.3 Å². The first-order valence-electron chi connectivity index (χ1n) is 8.35. The third-order valence-corrected chi connectivity index (χ3v) is 4.83. The predicted octanol–water partition coefficient (Wildman–Crippen LogP) is 1.30. The fraction of sp³-hybridized carbons (Fsp3) is 0.529. The SMILES string of the molecule is O=C(NCc1ccccc1)NCC1NNC(=O)C2CCCCC12. The van der Waals surface area contributed by atoms with Crippen LogP contribution in [-0.4, -0.2) is 24.5 Å². The molecule has 0 spiro atoms. The number of hydrogen-bond acceptors (Lipinski definition) is 3. The molecule has 124 valence electrons. The minimum atomic E-state index is -0.181. The number of rotatable bonds is 4. The molecule has 2 fully saturated rings. The van der Waals surface area contributed by atoms with E-state index in [0.717, 1.165) is 31.2 Å². The van der Waals surface area contributed by atoms with Crippen LogP contribution in [0.15, 0.2) is 30.3 Å². The highest BCUT2D eigenvalue weighted by atomic mass is 16.2. The van der Waals surface area contributed by atoms with E-state index in [9.17, 15) is 9.59 Å². The molecule has 3 rings (SSSR count). The smallest absolute Gasteiger partial charge is 0.315 e. The van der Waals surface area contributed by atoms with Crippen LogP contribution in [0.1, 0.15) is 31.2 Å². The summed E-state index contributed by atoms with van der Waals surface area (Å²) in [5, 5.41) is 5.76. The van der Waals surface area contributed by atoms with Crippen LogP contribution >= 0.6 is 0 Å². The van der Waals surface area contributed by atoms with Crippen molar-refractivity contribution in [2.45, 2.75) is 38.3 Å². The second kappa shape index (κ2) is 7.46. The van der Waals surface area contributed by atoms with E-state index in [2.05, 4.69) is 21.5 Å². The molecule has 6 heteroatoms. The summed E-state index contributed by atoms with van der Waals surface area (Å²) in [7, 11) is 0. The Morgan fingerprint density at radius 1 is 1.13 bits per heavy atom. The summed E-state index contributed by atoms with van der Waals surface area (Å²) in [6.07, 6.45) is 4.27. The minimum absolute atomic E-state index is 0.0872. The number of amides is 3. The Labute approximate surface area is 136 Å². The van der Waals surface area contributed by atoms with Gasteiger partial charge in [-0.25, -0.2) is 10.2 Å². The van der Waals surface area contributed by atoms with Crippen molar-refractivity contribution in [3.8, 4) is 0 Å². The molecule has 1 saturated carbocycles. The number of fused-ring (bicyclic) bond motifs is 1. The first-order chi connectivity index (χ1) is 11.2. The molecular weight excluding hydrogens is 292 g/mol. The second-order valence-corrected chi connectivity index (χ2v) is 6.34. The first-order valence-corrected chi connectivity index (χ1v) is 8.35. The average molecular weight is 316 g/mol. The predicted molar refractivity (Wildman–Crippen MR) is 87.2 cm³/mol. The van der Waals surface area contributed by atoms with Crippen LogP contribution in [0.2, 0.25) is 0 Å². The molecule has 1 aliphatic carbocycles. The van der Waals surface area contributed by atoms with Crippen LogP contribution in [0.5, 0.6) is 0 Å². The van der Waals surface area contributed by atoms with E-state index in [1.807, 2.05) is 30.3 Å². The number of carbonyl (C=O) groups excluding carboxylic acids is 2. The number of hydrazine groups is 1. The van der Waals surface area contributed by atoms with Gasteiger partial charge in [-0.1, -0.05) is 43.2 Å². The van der Waals surface area contributed by atoms with Crippen molar-refractivity contribution in [1.82, 2.24) is 21.5 Å². The summed E-state index contributed by atoms with van der Waals surface area (Å²) < 4.78 is 0. The van der Waals surface area contributed by atoms with Gasteiger partial charge in [0, 0.05) is 25.0 Å². The van der Waals surface area contributed by atoms with Gasteiger partial charge in [0.05, 0.1) is 0 Å². The lowest BCUT2D eigenvalue weighted by Gasteiger charge is -2.41. The van der Waals surface area contributed by atoms with E-state index in [4.69, 9.17) is 0 Å². The van der Waals surface area contributed by atoms with Crippen molar-refractivity contribution < 1.29 is 9.59 Å². The molecule has 2 aliphatic rings. The van der Waals surface area contributed by atoms with Crippen molar-refractivity contribution in [1.29, 1.82) is 0 Å². The molecule has 1 aromatic carbocycles. The molecule has 23 heavy (non-hydrogen) atoms. The zero-order valence-corrected chi connectivity index (χ0v) is 13.2. The topological polar surface area (TPSA) is 82.3 Å². The first kappa shape index (κ1) is 15.8. The lowest BCUT2D eigenvalue weighted by molar-refractivity contribution is -0.133. The third-order valence-electron chi connectivity index (χ3n) is 4.83. The maximum absolute atomic E-state index is 11.9. The van der Waals surface area contributed by atoms with Gasteiger partial charge in [-0.3, -0.25) is 10.2 Å². The maximum atomic E-state index is 11.9. The van der Waals surface area contributed by atoms with Crippen molar-refractivity contribution in [3.05, 3.63) is 35.9 Å². The minimum Gasteiger partial charge on any atom is -0.337 e. The number of urea groups is 1. The van der Waals surface area contributed by atoms with Gasteiger partial charge in [-0.05, 0) is 24.3 Å². The van der Waals surface area contributed by atoms with Gasteiger partial charge in [-0.2, -0.15) is 0 Å². The summed E-state index contributed by atoms with van der Waals surface area (Å²) in [5.74, 6) is 0.496. The average Bonchev–Trinajstić information content (AvgIpc) is 2.60. The molecule has 1 aromatic rings. The molecule has 1 aliphatic heterocycles. The molecule has 0 bridgehead atoms. The lowest BCUT2D eigenvalue weighted by Crippen LogP contribution is -2.62. The van der Waals surface area contributed by atoms with E-state index in [0.29, 0.717) is 19.0 Å². The van der Waals surface area contributed by atoms with E-state index >= 15 is 0 Å². The number of carbonyl (C=O) groups is 2. The van der Waals surface area contributed by atoms with Gasteiger partial charge < -0.3 is 10.6 Å². The normalized spacial score (nSPS) is 26.8. The largest absolute Gasteiger partial charge is 0.337 e.